The molecule has 2 N–H and O–H groups in total. The third-order valence-corrected chi connectivity index (χ3v) is 6.42. The van der Waals surface area contributed by atoms with E-state index in [0.717, 1.165) is 28.2 Å². The summed E-state index contributed by atoms with van der Waals surface area (Å²) in [6, 6.07) is 20.8. The standard InChI is InChI=1S/C26H19N7O2S/c1-16(34)27-20-9-7-18(8-10-20)22-15-36-26-30-25(31-33(22)26)29-24(35)19-11-12-32-14-21(28-23(32)13-19)17-5-3-2-4-6-17/h2-15H,1H3,(H,27,34)(H,29,31,35). The molecule has 0 aliphatic carbocycles. The van der Waals surface area contributed by atoms with E-state index in [1.807, 2.05) is 76.8 Å². The second-order valence-corrected chi connectivity index (χ2v) is 8.97. The molecule has 0 aliphatic heterocycles. The Labute approximate surface area is 209 Å². The van der Waals surface area contributed by atoms with Gasteiger partial charge in [-0.05, 0) is 24.3 Å². The van der Waals surface area contributed by atoms with Crippen LogP contribution in [0.15, 0.2) is 84.5 Å². The number of carbonyl (C=O) groups excluding carboxylic acids is 2. The van der Waals surface area contributed by atoms with Crippen molar-refractivity contribution < 1.29 is 9.59 Å². The van der Waals surface area contributed by atoms with Gasteiger partial charge in [-0.15, -0.1) is 16.4 Å². The second kappa shape index (κ2) is 8.75. The predicted molar refractivity (Wildman–Crippen MR) is 139 cm³/mol. The summed E-state index contributed by atoms with van der Waals surface area (Å²) in [4.78, 5) is 33.9. The van der Waals surface area contributed by atoms with Crippen molar-refractivity contribution in [1.82, 2.24) is 24.0 Å². The minimum Gasteiger partial charge on any atom is -0.326 e. The number of amides is 2. The van der Waals surface area contributed by atoms with Gasteiger partial charge in [0.1, 0.15) is 5.65 Å². The molecule has 176 valence electrons. The van der Waals surface area contributed by atoms with E-state index in [9.17, 15) is 9.59 Å². The van der Waals surface area contributed by atoms with Crippen molar-refractivity contribution in [3.05, 3.63) is 90.1 Å². The summed E-state index contributed by atoms with van der Waals surface area (Å²) >= 11 is 1.42. The number of carbonyl (C=O) groups is 2. The van der Waals surface area contributed by atoms with Gasteiger partial charge < -0.3 is 9.72 Å². The van der Waals surface area contributed by atoms with Crippen molar-refractivity contribution >= 4 is 45.4 Å². The molecule has 2 amide bonds. The molecule has 2 aromatic carbocycles. The quantitative estimate of drug-likeness (QED) is 0.352. The van der Waals surface area contributed by atoms with Crippen molar-refractivity contribution in [2.75, 3.05) is 10.6 Å². The number of hydrogen-bond acceptors (Lipinski definition) is 6. The molecule has 0 bridgehead atoms. The smallest absolute Gasteiger partial charge is 0.258 e. The molecule has 0 spiro atoms. The van der Waals surface area contributed by atoms with Crippen LogP contribution in [0.3, 0.4) is 0 Å². The van der Waals surface area contributed by atoms with Crippen LogP contribution in [0.2, 0.25) is 0 Å². The molecule has 4 heterocycles. The largest absolute Gasteiger partial charge is 0.326 e. The minimum absolute atomic E-state index is 0.124. The van der Waals surface area contributed by atoms with Crippen LogP contribution in [0.25, 0.3) is 33.1 Å². The van der Waals surface area contributed by atoms with E-state index in [1.165, 1.54) is 18.3 Å². The first-order valence-electron chi connectivity index (χ1n) is 11.1. The highest BCUT2D eigenvalue weighted by atomic mass is 32.1. The van der Waals surface area contributed by atoms with E-state index >= 15 is 0 Å². The van der Waals surface area contributed by atoms with Crippen LogP contribution < -0.4 is 10.6 Å². The Morgan fingerprint density at radius 1 is 0.917 bits per heavy atom. The topological polar surface area (TPSA) is 106 Å². The van der Waals surface area contributed by atoms with E-state index in [-0.39, 0.29) is 17.8 Å². The molecule has 9 nitrogen and oxygen atoms in total. The van der Waals surface area contributed by atoms with Crippen LogP contribution in [-0.4, -0.2) is 35.8 Å². The van der Waals surface area contributed by atoms with Gasteiger partial charge in [-0.3, -0.25) is 14.9 Å². The van der Waals surface area contributed by atoms with Gasteiger partial charge in [0.25, 0.3) is 11.9 Å². The number of hydrogen-bond donors (Lipinski definition) is 2. The number of anilines is 2. The molecule has 0 aliphatic rings. The first-order valence-corrected chi connectivity index (χ1v) is 12.0. The lowest BCUT2D eigenvalue weighted by molar-refractivity contribution is -0.114. The zero-order valence-electron chi connectivity index (χ0n) is 19.0. The molecular formula is C26H19N7O2S. The molecule has 6 aromatic rings. The van der Waals surface area contributed by atoms with Gasteiger partial charge in [0.2, 0.25) is 10.9 Å². The van der Waals surface area contributed by atoms with E-state index in [2.05, 4.69) is 25.7 Å². The van der Waals surface area contributed by atoms with E-state index < -0.39 is 0 Å². The number of nitrogens with zero attached hydrogens (tertiary/aromatic N) is 5. The minimum atomic E-state index is -0.318. The number of thiazole rings is 1. The van der Waals surface area contributed by atoms with Crippen LogP contribution in [0.1, 0.15) is 17.3 Å². The summed E-state index contributed by atoms with van der Waals surface area (Å²) in [5, 5.41) is 12.0. The first-order chi connectivity index (χ1) is 17.5. The van der Waals surface area contributed by atoms with Gasteiger partial charge >= 0.3 is 0 Å². The van der Waals surface area contributed by atoms with Crippen LogP contribution in [0.4, 0.5) is 11.6 Å². The number of rotatable bonds is 5. The average Bonchev–Trinajstić information content (AvgIpc) is 3.58. The monoisotopic (exact) mass is 493 g/mol. The maximum absolute atomic E-state index is 12.9. The number of fused-ring (bicyclic) bond motifs is 2. The van der Waals surface area contributed by atoms with Crippen molar-refractivity contribution in [3.63, 3.8) is 0 Å². The lowest BCUT2D eigenvalue weighted by atomic mass is 10.1. The summed E-state index contributed by atoms with van der Waals surface area (Å²) in [5.74, 6) is -0.224. The van der Waals surface area contributed by atoms with Gasteiger partial charge in [-0.2, -0.15) is 4.98 Å². The Morgan fingerprint density at radius 3 is 2.50 bits per heavy atom. The lowest BCUT2D eigenvalue weighted by Gasteiger charge is -2.04. The molecule has 0 fully saturated rings. The van der Waals surface area contributed by atoms with E-state index in [1.54, 1.807) is 16.6 Å². The van der Waals surface area contributed by atoms with Crippen LogP contribution >= 0.6 is 11.3 Å². The SMILES string of the molecule is CC(=O)Nc1ccc(-c2csc3nc(NC(=O)c4ccn5cc(-c6ccccc6)nc5c4)nn23)cc1. The molecule has 6 rings (SSSR count). The van der Waals surface area contributed by atoms with Crippen LogP contribution in [-0.2, 0) is 4.79 Å². The Kier molecular flexibility index (Phi) is 5.27. The summed E-state index contributed by atoms with van der Waals surface area (Å²) in [6.07, 6.45) is 3.74. The van der Waals surface area contributed by atoms with Gasteiger partial charge in [-0.25, -0.2) is 9.50 Å². The van der Waals surface area contributed by atoms with E-state index in [4.69, 9.17) is 0 Å². The molecular weight excluding hydrogens is 474 g/mol. The summed E-state index contributed by atoms with van der Waals surface area (Å²) < 4.78 is 3.57. The zero-order valence-corrected chi connectivity index (χ0v) is 19.9. The van der Waals surface area contributed by atoms with Gasteiger partial charge in [0.15, 0.2) is 0 Å². The highest BCUT2D eigenvalue weighted by Crippen LogP contribution is 2.27. The Hall–Kier alpha value is -4.83. The van der Waals surface area contributed by atoms with Crippen molar-refractivity contribution in [2.45, 2.75) is 6.92 Å². The zero-order chi connectivity index (χ0) is 24.6. The molecule has 0 radical (unpaired) electrons. The van der Waals surface area contributed by atoms with Gasteiger partial charge in [0.05, 0.1) is 11.4 Å². The second-order valence-electron chi connectivity index (χ2n) is 8.14. The molecule has 0 atom stereocenters. The molecule has 0 unspecified atom stereocenters. The molecule has 10 heteroatoms. The maximum Gasteiger partial charge on any atom is 0.258 e. The van der Waals surface area contributed by atoms with Crippen molar-refractivity contribution in [3.8, 4) is 22.5 Å². The van der Waals surface area contributed by atoms with Gasteiger partial charge in [-0.1, -0.05) is 42.5 Å². The van der Waals surface area contributed by atoms with Crippen molar-refractivity contribution in [1.29, 1.82) is 0 Å². The third kappa shape index (κ3) is 4.10. The number of benzene rings is 2. The fraction of sp³-hybridized carbons (Fsp3) is 0.0385. The highest BCUT2D eigenvalue weighted by Gasteiger charge is 2.15. The third-order valence-electron chi connectivity index (χ3n) is 5.60. The lowest BCUT2D eigenvalue weighted by Crippen LogP contribution is -2.13. The average molecular weight is 494 g/mol. The number of aromatic nitrogens is 5. The molecule has 0 saturated carbocycles. The summed E-state index contributed by atoms with van der Waals surface area (Å²) in [6.45, 7) is 1.47. The maximum atomic E-state index is 12.9. The normalized spacial score (nSPS) is 11.1. The van der Waals surface area contributed by atoms with Crippen LogP contribution in [0.5, 0.6) is 0 Å². The Balaban J connectivity index is 1.23. The van der Waals surface area contributed by atoms with Gasteiger partial charge in [0, 0.05) is 47.1 Å². The number of nitrogens with one attached hydrogen (secondary N) is 2. The summed E-state index contributed by atoms with van der Waals surface area (Å²) in [7, 11) is 0. The van der Waals surface area contributed by atoms with Crippen LogP contribution in [0, 0.1) is 0 Å². The molecule has 4 aromatic heterocycles. The fourth-order valence-corrected chi connectivity index (χ4v) is 4.74. The molecule has 0 saturated heterocycles. The number of pyridine rings is 1. The summed E-state index contributed by atoms with van der Waals surface area (Å²) in [5.41, 5.74) is 5.44. The Morgan fingerprint density at radius 2 is 1.72 bits per heavy atom. The van der Waals surface area contributed by atoms with E-state index in [0.29, 0.717) is 16.2 Å². The Bertz CT molecular complexity index is 1730. The predicted octanol–water partition coefficient (Wildman–Crippen LogP) is 4.98. The highest BCUT2D eigenvalue weighted by molar-refractivity contribution is 7.15. The molecule has 36 heavy (non-hydrogen) atoms. The number of imidazole rings is 1. The van der Waals surface area contributed by atoms with Crippen molar-refractivity contribution in [2.24, 2.45) is 0 Å². The fourth-order valence-electron chi connectivity index (χ4n) is 3.91. The first kappa shape index (κ1) is 21.7.